The summed E-state index contributed by atoms with van der Waals surface area (Å²) >= 11 is 5.91. The topological polar surface area (TPSA) is 95.1 Å². The smallest absolute Gasteiger partial charge is 0.266 e. The second kappa shape index (κ2) is 11.6. The Morgan fingerprint density at radius 3 is 2.18 bits per heavy atom. The highest BCUT2D eigenvalue weighted by molar-refractivity contribution is 7.89. The van der Waals surface area contributed by atoms with Crippen molar-refractivity contribution in [3.63, 3.8) is 0 Å². The van der Waals surface area contributed by atoms with Gasteiger partial charge in [0.1, 0.15) is 13.1 Å². The molecule has 8 nitrogen and oxygen atoms in total. The maximum absolute atomic E-state index is 13.7. The van der Waals surface area contributed by atoms with Crippen LogP contribution in [-0.4, -0.2) is 55.0 Å². The average Bonchev–Trinajstić information content (AvgIpc) is 3.03. The van der Waals surface area contributed by atoms with Gasteiger partial charge in [0, 0.05) is 23.5 Å². The third kappa shape index (κ3) is 5.95. The minimum absolute atomic E-state index is 0.120. The number of rotatable bonds is 8. The van der Waals surface area contributed by atoms with E-state index in [-0.39, 0.29) is 24.4 Å². The van der Waals surface area contributed by atoms with Crippen LogP contribution in [0.4, 0.5) is 5.69 Å². The number of halogens is 1. The fourth-order valence-corrected chi connectivity index (χ4v) is 5.80. The van der Waals surface area contributed by atoms with Gasteiger partial charge in [0.05, 0.1) is 10.8 Å². The van der Waals surface area contributed by atoms with Gasteiger partial charge in [-0.3, -0.25) is 19.3 Å². The molecule has 38 heavy (non-hydrogen) atoms. The van der Waals surface area contributed by atoms with Crippen molar-refractivity contribution in [3.05, 3.63) is 108 Å². The number of para-hydroxylation sites is 1. The largest absolute Gasteiger partial charge is 0.331 e. The summed E-state index contributed by atoms with van der Waals surface area (Å²) in [4.78, 5) is 42.6. The van der Waals surface area contributed by atoms with E-state index in [1.807, 2.05) is 36.4 Å². The van der Waals surface area contributed by atoms with Crippen LogP contribution >= 0.6 is 11.6 Å². The molecule has 0 bridgehead atoms. The molecule has 0 aliphatic carbocycles. The van der Waals surface area contributed by atoms with Gasteiger partial charge in [0.15, 0.2) is 0 Å². The van der Waals surface area contributed by atoms with Crippen molar-refractivity contribution in [1.82, 2.24) is 9.21 Å². The molecule has 3 aromatic rings. The quantitative estimate of drug-likeness (QED) is 0.425. The second-order valence-electron chi connectivity index (χ2n) is 8.75. The first kappa shape index (κ1) is 27.1. The standard InChI is InChI=1S/C28H26ClN3O5S/c1-2-31(24-11-7-4-8-12-24)27(34)19-30-18-22(17-21-9-5-3-6-10-21)28(35)32(20-26(30)33)38(36,37)25-15-13-23(29)14-16-25/h2-16,22H,1,17-20H2. The van der Waals surface area contributed by atoms with E-state index < -0.39 is 40.2 Å². The lowest BCUT2D eigenvalue weighted by molar-refractivity contribution is -0.135. The molecular formula is C28H26ClN3O5S. The fraction of sp³-hybridized carbons (Fsp3) is 0.179. The molecule has 4 rings (SSSR count). The molecule has 0 spiro atoms. The number of carbonyl (C=O) groups excluding carboxylic acids is 3. The van der Waals surface area contributed by atoms with Gasteiger partial charge in [-0.25, -0.2) is 12.7 Å². The average molecular weight is 552 g/mol. The van der Waals surface area contributed by atoms with Crippen molar-refractivity contribution in [1.29, 1.82) is 0 Å². The van der Waals surface area contributed by atoms with E-state index in [9.17, 15) is 22.8 Å². The lowest BCUT2D eigenvalue weighted by Crippen LogP contribution is -2.44. The van der Waals surface area contributed by atoms with E-state index in [4.69, 9.17) is 11.6 Å². The molecule has 1 fully saturated rings. The van der Waals surface area contributed by atoms with E-state index in [0.717, 1.165) is 5.56 Å². The summed E-state index contributed by atoms with van der Waals surface area (Å²) in [5.74, 6) is -2.71. The zero-order valence-corrected chi connectivity index (χ0v) is 22.0. The zero-order valence-electron chi connectivity index (χ0n) is 20.4. The number of amides is 3. The Hall–Kier alpha value is -3.95. The second-order valence-corrected chi connectivity index (χ2v) is 11.0. The zero-order chi connectivity index (χ0) is 27.3. The number of benzene rings is 3. The Morgan fingerprint density at radius 2 is 1.58 bits per heavy atom. The first-order valence-corrected chi connectivity index (χ1v) is 13.7. The van der Waals surface area contributed by atoms with Crippen LogP contribution in [0.2, 0.25) is 5.02 Å². The maximum atomic E-state index is 13.7. The summed E-state index contributed by atoms with van der Waals surface area (Å²) in [6, 6.07) is 23.3. The fourth-order valence-electron chi connectivity index (χ4n) is 4.27. The van der Waals surface area contributed by atoms with Gasteiger partial charge in [-0.05, 0) is 48.4 Å². The predicted molar refractivity (Wildman–Crippen MR) is 145 cm³/mol. The van der Waals surface area contributed by atoms with Gasteiger partial charge >= 0.3 is 0 Å². The Balaban J connectivity index is 1.66. The van der Waals surface area contributed by atoms with Crippen molar-refractivity contribution in [2.45, 2.75) is 11.3 Å². The molecule has 1 aliphatic heterocycles. The highest BCUT2D eigenvalue weighted by atomic mass is 35.5. The van der Waals surface area contributed by atoms with Crippen LogP contribution in [0.1, 0.15) is 5.56 Å². The molecule has 0 aromatic heterocycles. The minimum atomic E-state index is -4.36. The molecular weight excluding hydrogens is 526 g/mol. The van der Waals surface area contributed by atoms with Gasteiger partial charge in [-0.2, -0.15) is 0 Å². The van der Waals surface area contributed by atoms with E-state index in [0.29, 0.717) is 15.0 Å². The molecule has 0 saturated carbocycles. The predicted octanol–water partition coefficient (Wildman–Crippen LogP) is 3.74. The van der Waals surface area contributed by atoms with Crippen molar-refractivity contribution in [2.75, 3.05) is 24.5 Å². The highest BCUT2D eigenvalue weighted by Gasteiger charge is 2.41. The van der Waals surface area contributed by atoms with Crippen molar-refractivity contribution in [2.24, 2.45) is 5.92 Å². The molecule has 1 atom stereocenters. The van der Waals surface area contributed by atoms with Crippen LogP contribution in [0.25, 0.3) is 0 Å². The molecule has 1 unspecified atom stereocenters. The SMILES string of the molecule is C=CN(C(=O)CN1CC(Cc2ccccc2)C(=O)N(S(=O)(=O)c2ccc(Cl)cc2)CC1=O)c1ccccc1. The van der Waals surface area contributed by atoms with E-state index in [2.05, 4.69) is 6.58 Å². The van der Waals surface area contributed by atoms with Gasteiger partial charge in [-0.15, -0.1) is 0 Å². The first-order chi connectivity index (χ1) is 18.2. The van der Waals surface area contributed by atoms with Gasteiger partial charge in [0.25, 0.3) is 15.9 Å². The summed E-state index contributed by atoms with van der Waals surface area (Å²) in [5, 5.41) is 0.332. The molecule has 3 amide bonds. The molecule has 0 N–H and O–H groups in total. The van der Waals surface area contributed by atoms with E-state index in [1.54, 1.807) is 24.3 Å². The molecule has 196 valence electrons. The lowest BCUT2D eigenvalue weighted by Gasteiger charge is -2.26. The third-order valence-corrected chi connectivity index (χ3v) is 8.21. The van der Waals surface area contributed by atoms with Crippen molar-refractivity contribution < 1.29 is 22.8 Å². The molecule has 10 heteroatoms. The number of carbonyl (C=O) groups is 3. The van der Waals surface area contributed by atoms with Gasteiger partial charge in [0.2, 0.25) is 11.8 Å². The summed E-state index contributed by atoms with van der Waals surface area (Å²) in [6.07, 6.45) is 1.54. The summed E-state index contributed by atoms with van der Waals surface area (Å²) in [5.41, 5.74) is 1.37. The molecule has 1 heterocycles. The molecule has 3 aromatic carbocycles. The summed E-state index contributed by atoms with van der Waals surface area (Å²) in [6.45, 7) is 2.51. The Labute approximate surface area is 226 Å². The summed E-state index contributed by atoms with van der Waals surface area (Å²) < 4.78 is 27.6. The van der Waals surface area contributed by atoms with Crippen molar-refractivity contribution >= 4 is 45.0 Å². The van der Waals surface area contributed by atoms with Crippen LogP contribution in [0.15, 0.2) is 103 Å². The number of hydrogen-bond acceptors (Lipinski definition) is 5. The number of nitrogens with zero attached hydrogens (tertiary/aromatic N) is 3. The lowest BCUT2D eigenvalue weighted by atomic mass is 9.98. The molecule has 1 aliphatic rings. The number of hydrogen-bond donors (Lipinski definition) is 0. The monoisotopic (exact) mass is 551 g/mol. The van der Waals surface area contributed by atoms with Crippen LogP contribution in [0, 0.1) is 5.92 Å². The Bertz CT molecular complexity index is 1430. The minimum Gasteiger partial charge on any atom is -0.331 e. The Morgan fingerprint density at radius 1 is 0.974 bits per heavy atom. The van der Waals surface area contributed by atoms with E-state index in [1.165, 1.54) is 40.3 Å². The van der Waals surface area contributed by atoms with Gasteiger partial charge < -0.3 is 4.90 Å². The first-order valence-electron chi connectivity index (χ1n) is 11.8. The normalized spacial score (nSPS) is 16.2. The van der Waals surface area contributed by atoms with Gasteiger partial charge in [-0.1, -0.05) is 66.7 Å². The highest BCUT2D eigenvalue weighted by Crippen LogP contribution is 2.25. The maximum Gasteiger partial charge on any atom is 0.266 e. The van der Waals surface area contributed by atoms with E-state index >= 15 is 0 Å². The van der Waals surface area contributed by atoms with Crippen LogP contribution in [0.3, 0.4) is 0 Å². The summed E-state index contributed by atoms with van der Waals surface area (Å²) in [7, 11) is -4.36. The van der Waals surface area contributed by atoms with Crippen molar-refractivity contribution in [3.8, 4) is 0 Å². The van der Waals surface area contributed by atoms with Crippen LogP contribution < -0.4 is 4.90 Å². The van der Waals surface area contributed by atoms with Crippen LogP contribution in [-0.2, 0) is 30.8 Å². The third-order valence-electron chi connectivity index (χ3n) is 6.21. The number of anilines is 1. The molecule has 1 saturated heterocycles. The molecule has 0 radical (unpaired) electrons. The number of sulfonamides is 1. The Kier molecular flexibility index (Phi) is 8.29. The van der Waals surface area contributed by atoms with Crippen LogP contribution in [0.5, 0.6) is 0 Å².